The number of hydrogen-bond acceptors (Lipinski definition) is 3. The van der Waals surface area contributed by atoms with E-state index in [9.17, 15) is 10.0 Å². The van der Waals surface area contributed by atoms with E-state index < -0.39 is 11.1 Å². The van der Waals surface area contributed by atoms with Crippen LogP contribution < -0.4 is 0 Å². The standard InChI is InChI=1S/C16H24NO3/c1-15(2)9-13(10-16(3,4)17(15)19)14(18)20-11-12-7-5-6-8-12/h5-8,12-13H,9-11H2,1-4H3. The summed E-state index contributed by atoms with van der Waals surface area (Å²) in [5.41, 5.74) is -1.06. The van der Waals surface area contributed by atoms with Crippen LogP contribution in [-0.2, 0) is 14.7 Å². The van der Waals surface area contributed by atoms with Gasteiger partial charge in [-0.2, -0.15) is 0 Å². The normalized spacial score (nSPS) is 26.1. The number of carbonyl (C=O) groups excluding carboxylic acids is 1. The van der Waals surface area contributed by atoms with Crippen LogP contribution in [0.2, 0.25) is 0 Å². The summed E-state index contributed by atoms with van der Waals surface area (Å²) in [6, 6.07) is 0. The van der Waals surface area contributed by atoms with Gasteiger partial charge in [0.2, 0.25) is 0 Å². The molecule has 4 heteroatoms. The lowest BCUT2D eigenvalue weighted by Crippen LogP contribution is -2.59. The third kappa shape index (κ3) is 3.13. The number of ether oxygens (including phenoxy) is 1. The summed E-state index contributed by atoms with van der Waals surface area (Å²) in [4.78, 5) is 12.2. The molecule has 1 heterocycles. The van der Waals surface area contributed by atoms with Gasteiger partial charge in [0, 0.05) is 17.0 Å². The van der Waals surface area contributed by atoms with Gasteiger partial charge in [-0.1, -0.05) is 24.3 Å². The number of esters is 1. The van der Waals surface area contributed by atoms with Gasteiger partial charge in [-0.05, 0) is 40.5 Å². The highest BCUT2D eigenvalue weighted by Crippen LogP contribution is 2.40. The van der Waals surface area contributed by atoms with Gasteiger partial charge in [0.15, 0.2) is 0 Å². The molecule has 0 amide bonds. The summed E-state index contributed by atoms with van der Waals surface area (Å²) in [5, 5.41) is 13.4. The Hall–Kier alpha value is -1.13. The van der Waals surface area contributed by atoms with Crippen molar-refractivity contribution in [3.05, 3.63) is 24.3 Å². The first-order chi connectivity index (χ1) is 9.22. The highest BCUT2D eigenvalue weighted by atomic mass is 16.5. The van der Waals surface area contributed by atoms with Crippen molar-refractivity contribution < 1.29 is 14.7 Å². The van der Waals surface area contributed by atoms with Crippen LogP contribution in [0.15, 0.2) is 24.3 Å². The molecule has 2 rings (SSSR count). The van der Waals surface area contributed by atoms with Gasteiger partial charge in [0.1, 0.15) is 6.61 Å². The fourth-order valence-corrected chi connectivity index (χ4v) is 3.32. The van der Waals surface area contributed by atoms with E-state index in [1.807, 2.05) is 52.0 Å². The maximum Gasteiger partial charge on any atom is 0.309 e. The molecule has 111 valence electrons. The number of carbonyl (C=O) groups is 1. The Morgan fingerprint density at radius 3 is 2.15 bits per heavy atom. The van der Waals surface area contributed by atoms with Crippen LogP contribution in [-0.4, -0.2) is 28.7 Å². The summed E-state index contributed by atoms with van der Waals surface area (Å²) in [7, 11) is 0. The summed E-state index contributed by atoms with van der Waals surface area (Å²) in [5.74, 6) is -0.174. The second-order valence-electron chi connectivity index (χ2n) is 7.09. The quantitative estimate of drug-likeness (QED) is 0.746. The molecule has 0 saturated carbocycles. The zero-order chi connectivity index (χ0) is 15.0. The van der Waals surface area contributed by atoms with E-state index in [4.69, 9.17) is 4.74 Å². The van der Waals surface area contributed by atoms with E-state index in [1.165, 1.54) is 0 Å². The lowest BCUT2D eigenvalue weighted by molar-refractivity contribution is -0.293. The third-order valence-corrected chi connectivity index (χ3v) is 4.17. The van der Waals surface area contributed by atoms with Gasteiger partial charge >= 0.3 is 5.97 Å². The molecule has 0 aromatic carbocycles. The Balaban J connectivity index is 1.96. The maximum atomic E-state index is 12.3. The summed E-state index contributed by atoms with van der Waals surface area (Å²) in [6.45, 7) is 7.96. The first-order valence-electron chi connectivity index (χ1n) is 7.21. The Morgan fingerprint density at radius 2 is 1.65 bits per heavy atom. The molecule has 1 fully saturated rings. The predicted octanol–water partition coefficient (Wildman–Crippen LogP) is 2.89. The first kappa shape index (κ1) is 15.3. The molecular weight excluding hydrogens is 254 g/mol. The molecular formula is C16H24NO3. The van der Waals surface area contributed by atoms with E-state index in [0.717, 1.165) is 5.06 Å². The Kier molecular flexibility index (Phi) is 4.07. The van der Waals surface area contributed by atoms with Crippen LogP contribution in [0.25, 0.3) is 0 Å². The molecule has 2 aliphatic rings. The molecule has 1 saturated heterocycles. The fraction of sp³-hybridized carbons (Fsp3) is 0.688. The minimum atomic E-state index is -0.529. The van der Waals surface area contributed by atoms with Gasteiger partial charge in [-0.25, -0.2) is 0 Å². The number of hydroxylamine groups is 2. The number of nitrogens with zero attached hydrogens (tertiary/aromatic N) is 1. The van der Waals surface area contributed by atoms with Crippen LogP contribution in [0.5, 0.6) is 0 Å². The lowest BCUT2D eigenvalue weighted by Gasteiger charge is -2.49. The van der Waals surface area contributed by atoms with E-state index in [0.29, 0.717) is 19.4 Å². The molecule has 0 aromatic heterocycles. The third-order valence-electron chi connectivity index (χ3n) is 4.17. The van der Waals surface area contributed by atoms with Crippen LogP contribution in [0, 0.1) is 11.8 Å². The largest absolute Gasteiger partial charge is 0.465 e. The zero-order valence-corrected chi connectivity index (χ0v) is 12.8. The van der Waals surface area contributed by atoms with Crippen molar-refractivity contribution >= 4 is 5.97 Å². The van der Waals surface area contributed by atoms with Gasteiger partial charge in [0.05, 0.1) is 5.92 Å². The van der Waals surface area contributed by atoms with E-state index in [-0.39, 0.29) is 17.8 Å². The minimum Gasteiger partial charge on any atom is -0.465 e. The molecule has 20 heavy (non-hydrogen) atoms. The lowest BCUT2D eigenvalue weighted by atomic mass is 9.75. The highest BCUT2D eigenvalue weighted by Gasteiger charge is 2.48. The summed E-state index contributed by atoms with van der Waals surface area (Å²) >= 11 is 0. The monoisotopic (exact) mass is 278 g/mol. The maximum absolute atomic E-state index is 12.3. The molecule has 1 aliphatic heterocycles. The second-order valence-corrected chi connectivity index (χ2v) is 7.09. The van der Waals surface area contributed by atoms with Crippen LogP contribution in [0.4, 0.5) is 0 Å². The van der Waals surface area contributed by atoms with Gasteiger partial charge in [-0.3, -0.25) is 4.79 Å². The smallest absolute Gasteiger partial charge is 0.309 e. The average molecular weight is 278 g/mol. The van der Waals surface area contributed by atoms with Crippen molar-refractivity contribution in [2.45, 2.75) is 51.6 Å². The molecule has 0 atom stereocenters. The molecule has 1 radical (unpaired) electrons. The summed E-state index contributed by atoms with van der Waals surface area (Å²) < 4.78 is 5.43. The SMILES string of the molecule is CC1(C)CC(C(=O)OCC2C=CC=C2)CC(C)(C)N1[O]. The van der Waals surface area contributed by atoms with E-state index >= 15 is 0 Å². The summed E-state index contributed by atoms with van der Waals surface area (Å²) in [6.07, 6.45) is 9.05. The van der Waals surface area contributed by atoms with Crippen molar-refractivity contribution in [1.29, 1.82) is 0 Å². The Labute approximate surface area is 121 Å². The molecule has 0 unspecified atom stereocenters. The number of rotatable bonds is 3. The van der Waals surface area contributed by atoms with Crippen molar-refractivity contribution in [3.63, 3.8) is 0 Å². The molecule has 0 N–H and O–H groups in total. The zero-order valence-electron chi connectivity index (χ0n) is 12.8. The number of allylic oxidation sites excluding steroid dienone is 2. The van der Waals surface area contributed by atoms with Crippen LogP contribution in [0.3, 0.4) is 0 Å². The van der Waals surface area contributed by atoms with Crippen LogP contribution in [0.1, 0.15) is 40.5 Å². The first-order valence-corrected chi connectivity index (χ1v) is 7.21. The molecule has 0 spiro atoms. The molecule has 4 nitrogen and oxygen atoms in total. The van der Waals surface area contributed by atoms with E-state index in [1.54, 1.807) is 0 Å². The van der Waals surface area contributed by atoms with Gasteiger partial charge in [-0.15, -0.1) is 10.3 Å². The second kappa shape index (κ2) is 5.34. The number of hydrogen-bond donors (Lipinski definition) is 0. The topological polar surface area (TPSA) is 49.4 Å². The van der Waals surface area contributed by atoms with Crippen LogP contribution >= 0.6 is 0 Å². The average Bonchev–Trinajstić information content (AvgIpc) is 2.85. The Bertz CT molecular complexity index is 407. The predicted molar refractivity (Wildman–Crippen MR) is 76.1 cm³/mol. The van der Waals surface area contributed by atoms with Crippen molar-refractivity contribution in [2.75, 3.05) is 6.61 Å². The van der Waals surface area contributed by atoms with E-state index in [2.05, 4.69) is 0 Å². The minimum absolute atomic E-state index is 0.173. The Morgan fingerprint density at radius 1 is 1.15 bits per heavy atom. The molecule has 0 bridgehead atoms. The van der Waals surface area contributed by atoms with Crippen molar-refractivity contribution in [3.8, 4) is 0 Å². The van der Waals surface area contributed by atoms with Crippen molar-refractivity contribution in [2.24, 2.45) is 11.8 Å². The van der Waals surface area contributed by atoms with Gasteiger partial charge < -0.3 is 4.74 Å². The molecule has 1 aliphatic carbocycles. The highest BCUT2D eigenvalue weighted by molar-refractivity contribution is 5.73. The van der Waals surface area contributed by atoms with Crippen molar-refractivity contribution in [1.82, 2.24) is 5.06 Å². The number of piperidine rings is 1. The van der Waals surface area contributed by atoms with Gasteiger partial charge in [0.25, 0.3) is 0 Å². The fourth-order valence-electron chi connectivity index (χ4n) is 3.32. The molecule has 0 aromatic rings.